The molecule has 0 amide bonds. The third-order valence-corrected chi connectivity index (χ3v) is 12.3. The topological polar surface area (TPSA) is 0 Å². The van der Waals surface area contributed by atoms with Gasteiger partial charge in [-0.25, -0.2) is 0 Å². The minimum absolute atomic E-state index is 0.314. The van der Waals surface area contributed by atoms with Crippen molar-refractivity contribution in [2.24, 2.45) is 0 Å². The molecule has 106 valence electrons. The Hall–Kier alpha value is 0.860. The van der Waals surface area contributed by atoms with Crippen molar-refractivity contribution in [3.63, 3.8) is 0 Å². The Morgan fingerprint density at radius 3 is 2.33 bits per heavy atom. The maximum atomic E-state index is 2.51. The second-order valence-corrected chi connectivity index (χ2v) is 13.3. The van der Waals surface area contributed by atoms with Crippen molar-refractivity contribution >= 4 is 15.8 Å². The molecule has 2 aliphatic heterocycles. The zero-order valence-corrected chi connectivity index (χ0v) is 14.7. The summed E-state index contributed by atoms with van der Waals surface area (Å²) in [5.74, 6) is 0. The minimum Gasteiger partial charge on any atom is -0.103 e. The molecule has 2 aliphatic rings. The van der Waals surface area contributed by atoms with E-state index in [-0.39, 0.29) is 0 Å². The zero-order chi connectivity index (χ0) is 13.2. The van der Waals surface area contributed by atoms with Crippen LogP contribution in [0.1, 0.15) is 66.2 Å². The molecule has 2 unspecified atom stereocenters. The van der Waals surface area contributed by atoms with Crippen LogP contribution in [0.5, 0.6) is 0 Å². The van der Waals surface area contributed by atoms with Gasteiger partial charge in [0, 0.05) is 0 Å². The summed E-state index contributed by atoms with van der Waals surface area (Å²) in [7, 11) is 0.731. The summed E-state index contributed by atoms with van der Waals surface area (Å²) in [5, 5.41) is 0.616. The average Bonchev–Trinajstić information content (AvgIpc) is 2.93. The second-order valence-electron chi connectivity index (χ2n) is 7.17. The van der Waals surface area contributed by atoms with E-state index in [2.05, 4.69) is 27.7 Å². The standard InChI is InChI=1S/C16H32P2/c1-5-6-11-17-12-7-9-14(17)15-10-8-13-18(15)16(2,3)4/h14-15H,5-13H2,1-4H3/t14-,15-,17?,18?/m0/s1. The normalized spacial score (nSPS) is 37.3. The van der Waals surface area contributed by atoms with Gasteiger partial charge >= 0.3 is 0 Å². The van der Waals surface area contributed by atoms with Crippen LogP contribution in [0.3, 0.4) is 0 Å². The molecule has 0 N–H and O–H groups in total. The molecule has 0 spiro atoms. The molecule has 18 heavy (non-hydrogen) atoms. The van der Waals surface area contributed by atoms with E-state index in [1.807, 2.05) is 0 Å². The highest BCUT2D eigenvalue weighted by atomic mass is 31.1. The lowest BCUT2D eigenvalue weighted by Gasteiger charge is -2.38. The van der Waals surface area contributed by atoms with Crippen LogP contribution in [0.15, 0.2) is 0 Å². The lowest BCUT2D eigenvalue weighted by Crippen LogP contribution is -2.25. The number of hydrogen-bond acceptors (Lipinski definition) is 0. The van der Waals surface area contributed by atoms with Crippen molar-refractivity contribution in [3.05, 3.63) is 0 Å². The molecule has 0 aromatic rings. The lowest BCUT2D eigenvalue weighted by molar-refractivity contribution is 0.681. The average molecular weight is 286 g/mol. The van der Waals surface area contributed by atoms with Crippen LogP contribution in [0, 0.1) is 0 Å². The first-order chi connectivity index (χ1) is 8.54. The van der Waals surface area contributed by atoms with E-state index in [1.54, 1.807) is 44.2 Å². The fourth-order valence-corrected chi connectivity index (χ4v) is 12.0. The fourth-order valence-electron chi connectivity index (χ4n) is 3.95. The monoisotopic (exact) mass is 286 g/mol. The van der Waals surface area contributed by atoms with Gasteiger partial charge in [0.15, 0.2) is 0 Å². The Balaban J connectivity index is 2.00. The van der Waals surface area contributed by atoms with Crippen molar-refractivity contribution in [3.8, 4) is 0 Å². The van der Waals surface area contributed by atoms with Gasteiger partial charge in [-0.1, -0.05) is 42.0 Å². The van der Waals surface area contributed by atoms with E-state index in [4.69, 9.17) is 0 Å². The molecule has 0 nitrogen and oxygen atoms in total. The second kappa shape index (κ2) is 6.54. The van der Waals surface area contributed by atoms with Gasteiger partial charge in [0.05, 0.1) is 0 Å². The lowest BCUT2D eigenvalue weighted by atomic mass is 10.1. The maximum absolute atomic E-state index is 2.51. The van der Waals surface area contributed by atoms with E-state index in [1.165, 1.54) is 18.5 Å². The fraction of sp³-hybridized carbons (Fsp3) is 1.00. The molecule has 0 radical (unpaired) electrons. The Morgan fingerprint density at radius 2 is 1.67 bits per heavy atom. The largest absolute Gasteiger partial charge is 0.103 e. The summed E-state index contributed by atoms with van der Waals surface area (Å²) in [6.07, 6.45) is 14.0. The smallest absolute Gasteiger partial charge is 0.0137 e. The van der Waals surface area contributed by atoms with Crippen LogP contribution in [0.25, 0.3) is 0 Å². The molecule has 2 fully saturated rings. The van der Waals surface area contributed by atoms with Crippen LogP contribution in [0.4, 0.5) is 0 Å². The van der Waals surface area contributed by atoms with Crippen LogP contribution in [-0.2, 0) is 0 Å². The highest BCUT2D eigenvalue weighted by molar-refractivity contribution is 7.64. The van der Waals surface area contributed by atoms with Gasteiger partial charge in [0.25, 0.3) is 0 Å². The van der Waals surface area contributed by atoms with E-state index < -0.39 is 0 Å². The summed E-state index contributed by atoms with van der Waals surface area (Å²) in [5.41, 5.74) is 2.34. The Morgan fingerprint density at radius 1 is 1.00 bits per heavy atom. The van der Waals surface area contributed by atoms with Crippen molar-refractivity contribution in [2.75, 3.05) is 18.5 Å². The van der Waals surface area contributed by atoms with Crippen LogP contribution in [0.2, 0.25) is 0 Å². The van der Waals surface area contributed by atoms with Crippen LogP contribution < -0.4 is 0 Å². The van der Waals surface area contributed by atoms with Crippen molar-refractivity contribution in [1.29, 1.82) is 0 Å². The number of rotatable bonds is 4. The summed E-state index contributed by atoms with van der Waals surface area (Å²) in [4.78, 5) is 0. The Bertz CT molecular complexity index is 256. The molecule has 0 bridgehead atoms. The molecule has 0 aliphatic carbocycles. The highest BCUT2D eigenvalue weighted by Crippen LogP contribution is 2.67. The van der Waals surface area contributed by atoms with Gasteiger partial charge in [0.2, 0.25) is 0 Å². The molecule has 2 heterocycles. The third kappa shape index (κ3) is 3.49. The van der Waals surface area contributed by atoms with Gasteiger partial charge in [-0.3, -0.25) is 0 Å². The van der Waals surface area contributed by atoms with Gasteiger partial charge in [0.1, 0.15) is 0 Å². The first kappa shape index (κ1) is 15.3. The van der Waals surface area contributed by atoms with Gasteiger partial charge in [-0.05, 0) is 67.1 Å². The Kier molecular flexibility index (Phi) is 5.54. The van der Waals surface area contributed by atoms with Gasteiger partial charge in [-0.15, -0.1) is 7.92 Å². The molecule has 0 saturated carbocycles. The summed E-state index contributed by atoms with van der Waals surface area (Å²) < 4.78 is 0. The first-order valence-corrected chi connectivity index (χ1v) is 11.4. The number of unbranched alkanes of at least 4 members (excludes halogenated alkanes) is 1. The van der Waals surface area contributed by atoms with Gasteiger partial charge in [-0.2, -0.15) is 0 Å². The van der Waals surface area contributed by atoms with Gasteiger partial charge < -0.3 is 0 Å². The predicted octanol–water partition coefficient (Wildman–Crippen LogP) is 5.87. The molecule has 2 heteroatoms. The quantitative estimate of drug-likeness (QED) is 0.567. The highest BCUT2D eigenvalue weighted by Gasteiger charge is 2.43. The summed E-state index contributed by atoms with van der Waals surface area (Å²) >= 11 is 0. The molecule has 0 aromatic heterocycles. The van der Waals surface area contributed by atoms with E-state index in [0.29, 0.717) is 21.0 Å². The molecule has 0 aromatic carbocycles. The summed E-state index contributed by atoms with van der Waals surface area (Å²) in [6, 6.07) is 0. The SMILES string of the molecule is CCCCP1CCC[C@H]1[C@@H]1CCCP1C(C)(C)C. The van der Waals surface area contributed by atoms with E-state index >= 15 is 0 Å². The van der Waals surface area contributed by atoms with Crippen LogP contribution in [-0.4, -0.2) is 35.0 Å². The molecule has 2 rings (SSSR count). The van der Waals surface area contributed by atoms with Crippen molar-refractivity contribution < 1.29 is 0 Å². The maximum Gasteiger partial charge on any atom is -0.0137 e. The van der Waals surface area contributed by atoms with Crippen molar-refractivity contribution in [1.82, 2.24) is 0 Å². The molecular formula is C16H32P2. The Labute approximate surface area is 117 Å². The summed E-state index contributed by atoms with van der Waals surface area (Å²) in [6.45, 7) is 9.90. The molecular weight excluding hydrogens is 254 g/mol. The van der Waals surface area contributed by atoms with Crippen LogP contribution >= 0.6 is 15.8 Å². The zero-order valence-electron chi connectivity index (χ0n) is 12.9. The van der Waals surface area contributed by atoms with E-state index in [9.17, 15) is 0 Å². The van der Waals surface area contributed by atoms with Crippen molar-refractivity contribution in [2.45, 2.75) is 82.7 Å². The number of hydrogen-bond donors (Lipinski definition) is 0. The van der Waals surface area contributed by atoms with E-state index in [0.717, 1.165) is 5.66 Å². The first-order valence-electron chi connectivity index (χ1n) is 8.05. The predicted molar refractivity (Wildman–Crippen MR) is 89.1 cm³/mol. The molecule has 2 saturated heterocycles. The third-order valence-electron chi connectivity index (χ3n) is 4.82. The minimum atomic E-state index is 0.314. The molecule has 4 atom stereocenters.